The van der Waals surface area contributed by atoms with Crippen molar-refractivity contribution in [3.05, 3.63) is 43.3 Å². The molecule has 102 valence electrons. The molecule has 0 unspecified atom stereocenters. The lowest BCUT2D eigenvalue weighted by atomic mass is 10.2. The Hall–Kier alpha value is -1.68. The number of nitriles is 1. The number of benzene rings is 1. The van der Waals surface area contributed by atoms with Gasteiger partial charge in [-0.15, -0.1) is 11.3 Å². The number of aromatic nitrogens is 1. The molecule has 1 amide bonds. The minimum absolute atomic E-state index is 0.199. The predicted molar refractivity (Wildman–Crippen MR) is 82.7 cm³/mol. The first-order chi connectivity index (χ1) is 9.49. The van der Waals surface area contributed by atoms with E-state index in [0.29, 0.717) is 20.2 Å². The summed E-state index contributed by atoms with van der Waals surface area (Å²) in [7, 11) is 0. The van der Waals surface area contributed by atoms with Gasteiger partial charge in [-0.3, -0.25) is 4.79 Å². The molecule has 0 radical (unpaired) electrons. The third-order valence-electron chi connectivity index (χ3n) is 2.61. The largest absolute Gasteiger partial charge is 0.341 e. The highest BCUT2D eigenvalue weighted by atomic mass is 35.5. The normalized spacial score (nSPS) is 10.1. The number of anilines is 1. The van der Waals surface area contributed by atoms with Crippen molar-refractivity contribution in [1.29, 1.82) is 5.26 Å². The molecule has 0 aliphatic carbocycles. The number of carbonyl (C=O) groups is 1. The van der Waals surface area contributed by atoms with Crippen molar-refractivity contribution < 1.29 is 4.79 Å². The Bertz CT molecular complexity index is 758. The smallest absolute Gasteiger partial charge is 0.229 e. The molecule has 0 spiro atoms. The highest BCUT2D eigenvalue weighted by Crippen LogP contribution is 2.23. The predicted octanol–water partition coefficient (Wildman–Crippen LogP) is 3.82. The summed E-state index contributed by atoms with van der Waals surface area (Å²) >= 11 is 12.4. The van der Waals surface area contributed by atoms with E-state index in [4.69, 9.17) is 29.1 Å². The van der Waals surface area contributed by atoms with Crippen LogP contribution in [0.5, 0.6) is 0 Å². The van der Waals surface area contributed by atoms with E-state index in [0.717, 1.165) is 10.6 Å². The number of aryl methyl sites for hydroxylation is 1. The van der Waals surface area contributed by atoms with E-state index in [2.05, 4.69) is 10.3 Å². The number of H-pyrrole nitrogens is 1. The van der Waals surface area contributed by atoms with Gasteiger partial charge in [0, 0.05) is 10.6 Å². The SMILES string of the molecule is Cc1[nH]c(=S)sc1CC(=O)Nc1cc(C#N)ccc1Cl. The Morgan fingerprint density at radius 3 is 2.95 bits per heavy atom. The van der Waals surface area contributed by atoms with Crippen LogP contribution in [0.15, 0.2) is 18.2 Å². The van der Waals surface area contributed by atoms with Gasteiger partial charge in [-0.2, -0.15) is 5.26 Å². The van der Waals surface area contributed by atoms with Crippen molar-refractivity contribution in [1.82, 2.24) is 4.98 Å². The molecule has 0 saturated carbocycles. The molecule has 2 rings (SSSR count). The fourth-order valence-corrected chi connectivity index (χ4v) is 3.09. The molecule has 0 aliphatic rings. The van der Waals surface area contributed by atoms with Crippen LogP contribution in [0.25, 0.3) is 0 Å². The van der Waals surface area contributed by atoms with E-state index in [-0.39, 0.29) is 12.3 Å². The Morgan fingerprint density at radius 2 is 2.35 bits per heavy atom. The fourth-order valence-electron chi connectivity index (χ4n) is 1.64. The van der Waals surface area contributed by atoms with Crippen LogP contribution in [-0.4, -0.2) is 10.9 Å². The van der Waals surface area contributed by atoms with Crippen molar-refractivity contribution in [2.75, 3.05) is 5.32 Å². The summed E-state index contributed by atoms with van der Waals surface area (Å²) in [6, 6.07) is 6.73. The Labute approximate surface area is 130 Å². The summed E-state index contributed by atoms with van der Waals surface area (Å²) in [6.45, 7) is 1.87. The van der Waals surface area contributed by atoms with Gasteiger partial charge in [0.25, 0.3) is 0 Å². The lowest BCUT2D eigenvalue weighted by molar-refractivity contribution is -0.115. The summed E-state index contributed by atoms with van der Waals surface area (Å²) in [5.41, 5.74) is 1.78. The van der Waals surface area contributed by atoms with Crippen LogP contribution in [0, 0.1) is 22.2 Å². The van der Waals surface area contributed by atoms with Crippen LogP contribution in [0.2, 0.25) is 5.02 Å². The average Bonchev–Trinajstić information content (AvgIpc) is 2.70. The Balaban J connectivity index is 2.14. The van der Waals surface area contributed by atoms with E-state index in [1.807, 2.05) is 13.0 Å². The van der Waals surface area contributed by atoms with Crippen LogP contribution in [0.4, 0.5) is 5.69 Å². The molecule has 0 atom stereocenters. The molecule has 2 N–H and O–H groups in total. The molecule has 0 aliphatic heterocycles. The number of hydrogen-bond acceptors (Lipinski definition) is 4. The van der Waals surface area contributed by atoms with E-state index < -0.39 is 0 Å². The first kappa shape index (κ1) is 14.7. The summed E-state index contributed by atoms with van der Waals surface area (Å²) in [5, 5.41) is 11.9. The second-order valence-corrected chi connectivity index (χ2v) is 6.27. The lowest BCUT2D eigenvalue weighted by Crippen LogP contribution is -2.14. The number of carbonyl (C=O) groups excluding carboxylic acids is 1. The van der Waals surface area contributed by atoms with Crippen molar-refractivity contribution >= 4 is 46.8 Å². The van der Waals surface area contributed by atoms with Gasteiger partial charge in [0.15, 0.2) is 3.95 Å². The zero-order chi connectivity index (χ0) is 14.7. The molecule has 0 saturated heterocycles. The molecule has 4 nitrogen and oxygen atoms in total. The number of rotatable bonds is 3. The number of aromatic amines is 1. The minimum atomic E-state index is -0.199. The summed E-state index contributed by atoms with van der Waals surface area (Å²) in [4.78, 5) is 15.9. The van der Waals surface area contributed by atoms with Gasteiger partial charge in [-0.1, -0.05) is 11.6 Å². The second-order valence-electron chi connectivity index (χ2n) is 4.09. The highest BCUT2D eigenvalue weighted by molar-refractivity contribution is 7.73. The van der Waals surface area contributed by atoms with Crippen LogP contribution < -0.4 is 5.32 Å². The number of thiazole rings is 1. The monoisotopic (exact) mass is 323 g/mol. The average molecular weight is 324 g/mol. The summed E-state index contributed by atoms with van der Waals surface area (Å²) in [6.07, 6.45) is 0.219. The number of amides is 1. The lowest BCUT2D eigenvalue weighted by Gasteiger charge is -2.07. The number of nitrogens with one attached hydrogen (secondary N) is 2. The van der Waals surface area contributed by atoms with Gasteiger partial charge in [-0.25, -0.2) is 0 Å². The van der Waals surface area contributed by atoms with Crippen molar-refractivity contribution in [2.45, 2.75) is 13.3 Å². The molecule has 1 aromatic heterocycles. The third-order valence-corrected chi connectivity index (χ3v) is 4.28. The first-order valence-corrected chi connectivity index (χ1v) is 7.28. The maximum Gasteiger partial charge on any atom is 0.229 e. The molecule has 1 aromatic carbocycles. The van der Waals surface area contributed by atoms with E-state index >= 15 is 0 Å². The quantitative estimate of drug-likeness (QED) is 0.844. The van der Waals surface area contributed by atoms with Gasteiger partial charge < -0.3 is 10.3 Å². The number of nitrogens with zero attached hydrogens (tertiary/aromatic N) is 1. The molecule has 20 heavy (non-hydrogen) atoms. The maximum absolute atomic E-state index is 12.0. The van der Waals surface area contributed by atoms with Gasteiger partial charge in [0.05, 0.1) is 28.8 Å². The Morgan fingerprint density at radius 1 is 1.60 bits per heavy atom. The van der Waals surface area contributed by atoms with E-state index in [1.54, 1.807) is 18.2 Å². The topological polar surface area (TPSA) is 68.7 Å². The molecular formula is C13H10ClN3OS2. The molecule has 0 fully saturated rings. The summed E-state index contributed by atoms with van der Waals surface area (Å²) in [5.74, 6) is -0.199. The van der Waals surface area contributed by atoms with Crippen LogP contribution >= 0.6 is 35.2 Å². The maximum atomic E-state index is 12.0. The molecule has 1 heterocycles. The second kappa shape index (κ2) is 6.18. The fraction of sp³-hybridized carbons (Fsp3) is 0.154. The number of hydrogen-bond donors (Lipinski definition) is 2. The standard InChI is InChI=1S/C13H10ClN3OS2/c1-7-11(20-13(19)16-7)5-12(18)17-10-4-8(6-15)2-3-9(10)14/h2-4H,5H2,1H3,(H,16,19)(H,17,18). The van der Waals surface area contributed by atoms with E-state index in [1.165, 1.54) is 11.3 Å². The van der Waals surface area contributed by atoms with Crippen molar-refractivity contribution in [3.8, 4) is 6.07 Å². The molecule has 7 heteroatoms. The van der Waals surface area contributed by atoms with Crippen LogP contribution in [0.1, 0.15) is 16.1 Å². The van der Waals surface area contributed by atoms with Gasteiger partial charge in [-0.05, 0) is 37.3 Å². The van der Waals surface area contributed by atoms with Gasteiger partial charge in [0.1, 0.15) is 0 Å². The van der Waals surface area contributed by atoms with Crippen LogP contribution in [0.3, 0.4) is 0 Å². The molecule has 0 bridgehead atoms. The first-order valence-electron chi connectivity index (χ1n) is 5.67. The van der Waals surface area contributed by atoms with Gasteiger partial charge >= 0.3 is 0 Å². The summed E-state index contributed by atoms with van der Waals surface area (Å²) < 4.78 is 0.648. The molecular weight excluding hydrogens is 314 g/mol. The highest BCUT2D eigenvalue weighted by Gasteiger charge is 2.11. The number of halogens is 1. The van der Waals surface area contributed by atoms with Crippen molar-refractivity contribution in [3.63, 3.8) is 0 Å². The Kier molecular flexibility index (Phi) is 4.55. The van der Waals surface area contributed by atoms with Crippen LogP contribution in [-0.2, 0) is 11.2 Å². The zero-order valence-corrected chi connectivity index (χ0v) is 12.9. The molecule has 2 aromatic rings. The minimum Gasteiger partial charge on any atom is -0.341 e. The zero-order valence-electron chi connectivity index (χ0n) is 10.5. The third kappa shape index (κ3) is 3.45. The van der Waals surface area contributed by atoms with E-state index in [9.17, 15) is 4.79 Å². The van der Waals surface area contributed by atoms with Crippen molar-refractivity contribution in [2.24, 2.45) is 0 Å². The van der Waals surface area contributed by atoms with Gasteiger partial charge in [0.2, 0.25) is 5.91 Å².